The summed E-state index contributed by atoms with van der Waals surface area (Å²) in [6, 6.07) is 0. The van der Waals surface area contributed by atoms with Crippen LogP contribution >= 0.6 is 0 Å². The molecule has 0 aliphatic carbocycles. The van der Waals surface area contributed by atoms with Crippen molar-refractivity contribution in [2.24, 2.45) is 5.73 Å². The van der Waals surface area contributed by atoms with Gasteiger partial charge < -0.3 is 15.5 Å². The molecule has 0 spiro atoms. The van der Waals surface area contributed by atoms with Crippen LogP contribution in [0, 0.1) is 13.8 Å². The number of rotatable bonds is 4. The molecule has 16 heavy (non-hydrogen) atoms. The third kappa shape index (κ3) is 2.99. The number of hydrogen-bond acceptors (Lipinski definition) is 4. The minimum Gasteiger partial charge on any atom is -0.436 e. The van der Waals surface area contributed by atoms with Crippen LogP contribution in [-0.4, -0.2) is 29.9 Å². The summed E-state index contributed by atoms with van der Waals surface area (Å²) in [7, 11) is 0. The number of hydrogen-bond donors (Lipinski definition) is 2. The molecule has 0 saturated carbocycles. The Balaban J connectivity index is 2.63. The van der Waals surface area contributed by atoms with Crippen LogP contribution in [0.25, 0.3) is 0 Å². The predicted molar refractivity (Wildman–Crippen MR) is 52.3 cm³/mol. The van der Waals surface area contributed by atoms with Crippen LogP contribution in [0.2, 0.25) is 0 Å². The van der Waals surface area contributed by atoms with Gasteiger partial charge in [-0.3, -0.25) is 4.79 Å². The number of oxazole rings is 1. The Kier molecular flexibility index (Phi) is 3.58. The molecule has 0 bridgehead atoms. The highest BCUT2D eigenvalue weighted by molar-refractivity contribution is 5.92. The minimum absolute atomic E-state index is 0.0506. The maximum absolute atomic E-state index is 12.7. The van der Waals surface area contributed by atoms with E-state index in [4.69, 9.17) is 10.2 Å². The van der Waals surface area contributed by atoms with Crippen LogP contribution in [0.3, 0.4) is 0 Å². The Morgan fingerprint density at radius 2 is 2.19 bits per heavy atom. The van der Waals surface area contributed by atoms with E-state index in [1.54, 1.807) is 13.8 Å². The fourth-order valence-corrected chi connectivity index (χ4v) is 1.10. The van der Waals surface area contributed by atoms with Gasteiger partial charge in [-0.1, -0.05) is 0 Å². The van der Waals surface area contributed by atoms with Gasteiger partial charge in [0.2, 0.25) is 5.76 Å². The maximum Gasteiger partial charge on any atom is 0.289 e. The number of aryl methyl sites for hydroxylation is 2. The van der Waals surface area contributed by atoms with E-state index in [9.17, 15) is 13.6 Å². The molecule has 0 fully saturated rings. The van der Waals surface area contributed by atoms with Crippen LogP contribution in [0.15, 0.2) is 4.42 Å². The summed E-state index contributed by atoms with van der Waals surface area (Å²) in [5, 5.41) is 2.04. The van der Waals surface area contributed by atoms with E-state index in [1.165, 1.54) is 0 Å². The first-order chi connectivity index (χ1) is 7.35. The number of nitrogens with two attached hydrogens (primary N) is 1. The highest BCUT2D eigenvalue weighted by atomic mass is 19.3. The van der Waals surface area contributed by atoms with Crippen molar-refractivity contribution < 1.29 is 18.0 Å². The third-order valence-electron chi connectivity index (χ3n) is 1.92. The van der Waals surface area contributed by atoms with Gasteiger partial charge >= 0.3 is 0 Å². The number of carbonyl (C=O) groups is 1. The average Bonchev–Trinajstić information content (AvgIpc) is 2.54. The molecule has 0 atom stereocenters. The summed E-state index contributed by atoms with van der Waals surface area (Å²) in [4.78, 5) is 15.3. The van der Waals surface area contributed by atoms with Gasteiger partial charge in [0.05, 0.1) is 18.8 Å². The number of aromatic nitrogens is 1. The molecule has 1 rings (SSSR count). The smallest absolute Gasteiger partial charge is 0.289 e. The van der Waals surface area contributed by atoms with E-state index < -0.39 is 24.9 Å². The number of carbonyl (C=O) groups excluding carboxylic acids is 1. The molecule has 0 aliphatic heterocycles. The van der Waals surface area contributed by atoms with E-state index in [2.05, 4.69) is 4.98 Å². The highest BCUT2D eigenvalue weighted by Gasteiger charge is 2.28. The normalized spacial score (nSPS) is 11.6. The Labute approximate surface area is 91.0 Å². The van der Waals surface area contributed by atoms with Gasteiger partial charge in [-0.05, 0) is 6.92 Å². The molecule has 1 amide bonds. The van der Waals surface area contributed by atoms with Crippen molar-refractivity contribution in [1.29, 1.82) is 0 Å². The Bertz CT molecular complexity index is 390. The van der Waals surface area contributed by atoms with Gasteiger partial charge in [0.15, 0.2) is 5.89 Å². The molecule has 0 radical (unpaired) electrons. The van der Waals surface area contributed by atoms with Crippen LogP contribution in [0.4, 0.5) is 8.78 Å². The standard InChI is InChI=1S/C9H13F2N3O2/c1-5-7(16-6(2)14-5)8(15)13-4-9(10,11)3-12/h3-4,12H2,1-2H3,(H,13,15). The van der Waals surface area contributed by atoms with Gasteiger partial charge in [0.1, 0.15) is 0 Å². The molecular formula is C9H13F2N3O2. The summed E-state index contributed by atoms with van der Waals surface area (Å²) >= 11 is 0. The molecule has 0 unspecified atom stereocenters. The van der Waals surface area contributed by atoms with Gasteiger partial charge in [0.25, 0.3) is 11.8 Å². The van der Waals surface area contributed by atoms with Crippen molar-refractivity contribution >= 4 is 5.91 Å². The van der Waals surface area contributed by atoms with Crippen LogP contribution in [-0.2, 0) is 0 Å². The fraction of sp³-hybridized carbons (Fsp3) is 0.556. The lowest BCUT2D eigenvalue weighted by atomic mass is 10.3. The molecule has 0 aliphatic rings. The maximum atomic E-state index is 12.7. The largest absolute Gasteiger partial charge is 0.436 e. The zero-order valence-corrected chi connectivity index (χ0v) is 9.01. The topological polar surface area (TPSA) is 81.2 Å². The van der Waals surface area contributed by atoms with Crippen molar-refractivity contribution in [1.82, 2.24) is 10.3 Å². The average molecular weight is 233 g/mol. The molecule has 90 valence electrons. The van der Waals surface area contributed by atoms with Crippen LogP contribution in [0.5, 0.6) is 0 Å². The summed E-state index contributed by atoms with van der Waals surface area (Å²) in [6.45, 7) is 1.49. The second-order valence-corrected chi connectivity index (χ2v) is 3.39. The molecule has 1 aromatic rings. The fourth-order valence-electron chi connectivity index (χ4n) is 1.10. The van der Waals surface area contributed by atoms with Crippen molar-refractivity contribution in [3.05, 3.63) is 17.3 Å². The quantitative estimate of drug-likeness (QED) is 0.798. The van der Waals surface area contributed by atoms with Gasteiger partial charge in [-0.2, -0.15) is 0 Å². The van der Waals surface area contributed by atoms with E-state index in [0.29, 0.717) is 11.6 Å². The zero-order valence-electron chi connectivity index (χ0n) is 9.01. The predicted octanol–water partition coefficient (Wildman–Crippen LogP) is 0.615. The number of halogens is 2. The highest BCUT2D eigenvalue weighted by Crippen LogP contribution is 2.11. The summed E-state index contributed by atoms with van der Waals surface area (Å²) in [5.41, 5.74) is 5.19. The Hall–Kier alpha value is -1.50. The lowest BCUT2D eigenvalue weighted by Gasteiger charge is -2.13. The van der Waals surface area contributed by atoms with Gasteiger partial charge in [-0.15, -0.1) is 0 Å². The van der Waals surface area contributed by atoms with Gasteiger partial charge in [-0.25, -0.2) is 13.8 Å². The molecule has 7 heteroatoms. The number of nitrogens with one attached hydrogen (secondary N) is 1. The van der Waals surface area contributed by atoms with E-state index >= 15 is 0 Å². The SMILES string of the molecule is Cc1nc(C)c(C(=O)NCC(F)(F)CN)o1. The molecule has 1 heterocycles. The summed E-state index contributed by atoms with van der Waals surface area (Å²) in [5.74, 6) is -3.57. The second kappa shape index (κ2) is 4.56. The first-order valence-electron chi connectivity index (χ1n) is 4.66. The summed E-state index contributed by atoms with van der Waals surface area (Å²) < 4.78 is 30.5. The molecular weight excluding hydrogens is 220 g/mol. The summed E-state index contributed by atoms with van der Waals surface area (Å²) in [6.07, 6.45) is 0. The lowest BCUT2D eigenvalue weighted by Crippen LogP contribution is -2.41. The molecule has 1 aromatic heterocycles. The minimum atomic E-state index is -3.11. The van der Waals surface area contributed by atoms with E-state index in [-0.39, 0.29) is 5.76 Å². The third-order valence-corrected chi connectivity index (χ3v) is 1.92. The van der Waals surface area contributed by atoms with Crippen LogP contribution < -0.4 is 11.1 Å². The van der Waals surface area contributed by atoms with Crippen molar-refractivity contribution in [2.45, 2.75) is 19.8 Å². The molecule has 0 saturated heterocycles. The van der Waals surface area contributed by atoms with Crippen molar-refractivity contribution in [3.8, 4) is 0 Å². The van der Waals surface area contributed by atoms with Crippen molar-refractivity contribution in [3.63, 3.8) is 0 Å². The number of amides is 1. The van der Waals surface area contributed by atoms with Crippen molar-refractivity contribution in [2.75, 3.05) is 13.1 Å². The lowest BCUT2D eigenvalue weighted by molar-refractivity contribution is 0.0115. The Morgan fingerprint density at radius 3 is 2.62 bits per heavy atom. The first kappa shape index (κ1) is 12.6. The van der Waals surface area contributed by atoms with Crippen LogP contribution in [0.1, 0.15) is 22.1 Å². The number of alkyl halides is 2. The number of nitrogens with zero attached hydrogens (tertiary/aromatic N) is 1. The second-order valence-electron chi connectivity index (χ2n) is 3.39. The van der Waals surface area contributed by atoms with Gasteiger partial charge in [0, 0.05) is 6.92 Å². The Morgan fingerprint density at radius 1 is 1.56 bits per heavy atom. The molecule has 3 N–H and O–H groups in total. The zero-order chi connectivity index (χ0) is 12.3. The monoisotopic (exact) mass is 233 g/mol. The molecule has 0 aromatic carbocycles. The van der Waals surface area contributed by atoms with E-state index in [1.807, 2.05) is 5.32 Å². The van der Waals surface area contributed by atoms with E-state index in [0.717, 1.165) is 0 Å². The first-order valence-corrected chi connectivity index (χ1v) is 4.66. The molecule has 5 nitrogen and oxygen atoms in total.